The highest BCUT2D eigenvalue weighted by Gasteiger charge is 2.08. The van der Waals surface area contributed by atoms with E-state index in [2.05, 4.69) is 15.7 Å². The third-order valence-corrected chi connectivity index (χ3v) is 3.94. The molecule has 0 spiro atoms. The molecule has 0 atom stereocenters. The molecule has 0 radical (unpaired) electrons. The van der Waals surface area contributed by atoms with Gasteiger partial charge in [-0.05, 0) is 24.8 Å². The van der Waals surface area contributed by atoms with E-state index in [1.165, 1.54) is 0 Å². The summed E-state index contributed by atoms with van der Waals surface area (Å²) >= 11 is 1.73. The molecule has 1 heterocycles. The number of para-hydroxylation sites is 1. The van der Waals surface area contributed by atoms with Crippen molar-refractivity contribution < 1.29 is 4.79 Å². The van der Waals surface area contributed by atoms with Gasteiger partial charge >= 0.3 is 6.03 Å². The Kier molecular flexibility index (Phi) is 5.27. The Morgan fingerprint density at radius 2 is 2.10 bits per heavy atom. The summed E-state index contributed by atoms with van der Waals surface area (Å²) < 4.78 is 1.79. The van der Waals surface area contributed by atoms with E-state index in [0.717, 1.165) is 28.3 Å². The summed E-state index contributed by atoms with van der Waals surface area (Å²) in [5.41, 5.74) is 4.05. The maximum atomic E-state index is 12.0. The fourth-order valence-electron chi connectivity index (χ4n) is 1.98. The monoisotopic (exact) mass is 304 g/mol. The van der Waals surface area contributed by atoms with E-state index in [4.69, 9.17) is 0 Å². The van der Waals surface area contributed by atoms with Crippen LogP contribution in [-0.4, -0.2) is 22.1 Å². The molecule has 0 aliphatic rings. The molecular weight excluding hydrogens is 284 g/mol. The molecular formula is C15H20N4OS. The van der Waals surface area contributed by atoms with Crippen LogP contribution in [-0.2, 0) is 19.3 Å². The fraction of sp³-hybridized carbons (Fsp3) is 0.333. The quantitative estimate of drug-likeness (QED) is 0.893. The molecule has 0 bridgehead atoms. The highest BCUT2D eigenvalue weighted by atomic mass is 32.2. The Hall–Kier alpha value is -1.95. The average Bonchev–Trinajstić information content (AvgIpc) is 2.79. The minimum absolute atomic E-state index is 0.202. The van der Waals surface area contributed by atoms with Crippen LogP contribution in [0.5, 0.6) is 0 Å². The lowest BCUT2D eigenvalue weighted by Gasteiger charge is -2.11. The number of hydrogen-bond acceptors (Lipinski definition) is 3. The largest absolute Gasteiger partial charge is 0.334 e. The first kappa shape index (κ1) is 15.4. The lowest BCUT2D eigenvalue weighted by molar-refractivity contribution is 0.251. The summed E-state index contributed by atoms with van der Waals surface area (Å²) in [6.07, 6.45) is 3.82. The van der Waals surface area contributed by atoms with E-state index in [9.17, 15) is 4.79 Å². The van der Waals surface area contributed by atoms with Crippen molar-refractivity contribution in [2.24, 2.45) is 7.05 Å². The van der Waals surface area contributed by atoms with Crippen LogP contribution in [0.25, 0.3) is 0 Å². The van der Waals surface area contributed by atoms with Crippen molar-refractivity contribution in [3.63, 3.8) is 0 Å². The van der Waals surface area contributed by atoms with Gasteiger partial charge in [-0.1, -0.05) is 18.2 Å². The third kappa shape index (κ3) is 4.01. The van der Waals surface area contributed by atoms with Crippen molar-refractivity contribution in [2.45, 2.75) is 19.2 Å². The van der Waals surface area contributed by atoms with Gasteiger partial charge < -0.3 is 10.6 Å². The standard InChI is InChI=1S/C15H20N4OS/c1-11-13(9-17-19(11)2)8-16-15(20)18-14-7-5-4-6-12(14)10-21-3/h4-7,9H,8,10H2,1-3H3,(H2,16,18,20). The van der Waals surface area contributed by atoms with Crippen LogP contribution in [0.2, 0.25) is 0 Å². The highest BCUT2D eigenvalue weighted by Crippen LogP contribution is 2.19. The number of carbonyl (C=O) groups is 1. The van der Waals surface area contributed by atoms with E-state index < -0.39 is 0 Å². The van der Waals surface area contributed by atoms with Gasteiger partial charge in [0.25, 0.3) is 0 Å². The predicted molar refractivity (Wildman–Crippen MR) is 87.5 cm³/mol. The molecule has 0 unspecified atom stereocenters. The van der Waals surface area contributed by atoms with Gasteiger partial charge in [0.15, 0.2) is 0 Å². The summed E-state index contributed by atoms with van der Waals surface area (Å²) in [5, 5.41) is 9.92. The molecule has 2 aromatic rings. The molecule has 2 N–H and O–H groups in total. The minimum Gasteiger partial charge on any atom is -0.334 e. The molecule has 112 valence electrons. The number of nitrogens with zero attached hydrogens (tertiary/aromatic N) is 2. The van der Waals surface area contributed by atoms with Crippen LogP contribution >= 0.6 is 11.8 Å². The summed E-state index contributed by atoms with van der Waals surface area (Å²) in [6, 6.07) is 7.64. The third-order valence-electron chi connectivity index (χ3n) is 3.34. The lowest BCUT2D eigenvalue weighted by atomic mass is 10.2. The fourth-order valence-corrected chi connectivity index (χ4v) is 2.55. The van der Waals surface area contributed by atoms with Crippen LogP contribution in [0.4, 0.5) is 10.5 Å². The molecule has 6 heteroatoms. The number of carbonyl (C=O) groups excluding carboxylic acids is 1. The number of benzene rings is 1. The zero-order valence-electron chi connectivity index (χ0n) is 12.5. The van der Waals surface area contributed by atoms with Crippen molar-refractivity contribution in [3.05, 3.63) is 47.3 Å². The van der Waals surface area contributed by atoms with Crippen LogP contribution in [0.1, 0.15) is 16.8 Å². The minimum atomic E-state index is -0.202. The summed E-state index contributed by atoms with van der Waals surface area (Å²) in [4.78, 5) is 12.0. The van der Waals surface area contributed by atoms with Gasteiger partial charge in [0, 0.05) is 36.3 Å². The molecule has 0 saturated carbocycles. The van der Waals surface area contributed by atoms with Crippen molar-refractivity contribution in [1.29, 1.82) is 0 Å². The number of amides is 2. The van der Waals surface area contributed by atoms with E-state index in [1.807, 2.05) is 44.5 Å². The van der Waals surface area contributed by atoms with Gasteiger partial charge in [-0.3, -0.25) is 4.68 Å². The Labute approximate surface area is 129 Å². The first-order valence-electron chi connectivity index (χ1n) is 6.71. The smallest absolute Gasteiger partial charge is 0.319 e. The second kappa shape index (κ2) is 7.17. The number of rotatable bonds is 5. The number of aromatic nitrogens is 2. The molecule has 0 aliphatic heterocycles. The number of aryl methyl sites for hydroxylation is 1. The van der Waals surface area contributed by atoms with Crippen LogP contribution in [0.15, 0.2) is 30.5 Å². The Morgan fingerprint density at radius 3 is 2.76 bits per heavy atom. The summed E-state index contributed by atoms with van der Waals surface area (Å²) in [7, 11) is 1.89. The summed E-state index contributed by atoms with van der Waals surface area (Å²) in [5.74, 6) is 0.873. The highest BCUT2D eigenvalue weighted by molar-refractivity contribution is 7.97. The van der Waals surface area contributed by atoms with Gasteiger partial charge in [-0.15, -0.1) is 0 Å². The Morgan fingerprint density at radius 1 is 1.33 bits per heavy atom. The first-order valence-corrected chi connectivity index (χ1v) is 8.10. The lowest BCUT2D eigenvalue weighted by Crippen LogP contribution is -2.28. The van der Waals surface area contributed by atoms with Gasteiger partial charge in [0.05, 0.1) is 6.20 Å². The molecule has 5 nitrogen and oxygen atoms in total. The maximum absolute atomic E-state index is 12.0. The number of nitrogens with one attached hydrogen (secondary N) is 2. The van der Waals surface area contributed by atoms with Crippen molar-refractivity contribution >= 4 is 23.5 Å². The Balaban J connectivity index is 1.94. The van der Waals surface area contributed by atoms with Crippen molar-refractivity contribution in [3.8, 4) is 0 Å². The molecule has 1 aromatic carbocycles. The number of anilines is 1. The molecule has 0 saturated heterocycles. The van der Waals surface area contributed by atoms with Gasteiger partial charge in [0.2, 0.25) is 0 Å². The van der Waals surface area contributed by atoms with E-state index in [1.54, 1.807) is 22.6 Å². The molecule has 21 heavy (non-hydrogen) atoms. The van der Waals surface area contributed by atoms with Crippen LogP contribution in [0, 0.1) is 6.92 Å². The van der Waals surface area contributed by atoms with Gasteiger partial charge in [-0.2, -0.15) is 16.9 Å². The van der Waals surface area contributed by atoms with Crippen molar-refractivity contribution in [2.75, 3.05) is 11.6 Å². The predicted octanol–water partition coefficient (Wildman–Crippen LogP) is 2.91. The van der Waals surface area contributed by atoms with Crippen LogP contribution < -0.4 is 10.6 Å². The van der Waals surface area contributed by atoms with E-state index in [-0.39, 0.29) is 6.03 Å². The average molecular weight is 304 g/mol. The molecule has 2 rings (SSSR count). The molecule has 2 amide bonds. The second-order valence-corrected chi connectivity index (χ2v) is 5.64. The molecule has 1 aromatic heterocycles. The summed E-state index contributed by atoms with van der Waals surface area (Å²) in [6.45, 7) is 2.45. The first-order chi connectivity index (χ1) is 10.1. The van der Waals surface area contributed by atoms with Gasteiger partial charge in [0.1, 0.15) is 0 Å². The SMILES string of the molecule is CSCc1ccccc1NC(=O)NCc1cnn(C)c1C. The zero-order valence-corrected chi connectivity index (χ0v) is 13.3. The normalized spacial score (nSPS) is 10.4. The number of thioether (sulfide) groups is 1. The van der Waals surface area contributed by atoms with E-state index in [0.29, 0.717) is 6.54 Å². The zero-order chi connectivity index (χ0) is 15.2. The van der Waals surface area contributed by atoms with E-state index >= 15 is 0 Å². The maximum Gasteiger partial charge on any atom is 0.319 e. The molecule has 0 aliphatic carbocycles. The Bertz CT molecular complexity index is 624. The second-order valence-electron chi connectivity index (χ2n) is 4.78. The van der Waals surface area contributed by atoms with Crippen molar-refractivity contribution in [1.82, 2.24) is 15.1 Å². The number of hydrogen-bond donors (Lipinski definition) is 2. The number of urea groups is 1. The van der Waals surface area contributed by atoms with Gasteiger partial charge in [-0.25, -0.2) is 4.79 Å². The topological polar surface area (TPSA) is 59.0 Å². The molecule has 0 fully saturated rings. The van der Waals surface area contributed by atoms with Crippen LogP contribution in [0.3, 0.4) is 0 Å².